The molecule has 0 aromatic heterocycles. The number of hydrogen-bond donors (Lipinski definition) is 0. The molecule has 2 atom stereocenters. The van der Waals surface area contributed by atoms with E-state index >= 15 is 0 Å². The molecule has 1 fully saturated rings. The monoisotopic (exact) mass is 203 g/mol. The zero-order chi connectivity index (χ0) is 10.0. The van der Waals surface area contributed by atoms with Gasteiger partial charge in [-0.05, 0) is 5.92 Å². The van der Waals surface area contributed by atoms with Crippen molar-refractivity contribution in [1.29, 1.82) is 0 Å². The Bertz CT molecular complexity index is 230. The van der Waals surface area contributed by atoms with Gasteiger partial charge in [0.15, 0.2) is 0 Å². The van der Waals surface area contributed by atoms with Crippen LogP contribution in [0.15, 0.2) is 0 Å². The average Bonchev–Trinajstić information content (AvgIpc) is 2.32. The van der Waals surface area contributed by atoms with E-state index in [1.54, 1.807) is 6.92 Å². The van der Waals surface area contributed by atoms with E-state index in [2.05, 4.69) is 0 Å². The summed E-state index contributed by atoms with van der Waals surface area (Å²) in [6.45, 7) is 4.17. The van der Waals surface area contributed by atoms with E-state index in [4.69, 9.17) is 11.6 Å². The maximum Gasteiger partial charge on any atom is 0.232 e. The number of halogens is 1. The Morgan fingerprint density at radius 1 is 1.62 bits per heavy atom. The Hall–Kier alpha value is -0.570. The summed E-state index contributed by atoms with van der Waals surface area (Å²) < 4.78 is 0. The molecular formula is C9H14ClNO2. The molecule has 4 heteroatoms. The molecule has 0 bridgehead atoms. The number of amides is 2. The third-order valence-electron chi connectivity index (χ3n) is 2.23. The van der Waals surface area contributed by atoms with Crippen molar-refractivity contribution in [2.45, 2.75) is 20.3 Å². The number of hydrogen-bond acceptors (Lipinski definition) is 2. The summed E-state index contributed by atoms with van der Waals surface area (Å²) in [5.41, 5.74) is 0. The summed E-state index contributed by atoms with van der Waals surface area (Å²) in [6.07, 6.45) is 0.355. The van der Waals surface area contributed by atoms with E-state index in [0.717, 1.165) is 0 Å². The first-order valence-corrected chi connectivity index (χ1v) is 5.00. The normalized spacial score (nSPS) is 25.5. The number of carbonyl (C=O) groups excluding carboxylic acids is 2. The van der Waals surface area contributed by atoms with Gasteiger partial charge in [-0.2, -0.15) is 0 Å². The van der Waals surface area contributed by atoms with Gasteiger partial charge in [0.2, 0.25) is 11.8 Å². The van der Waals surface area contributed by atoms with Crippen LogP contribution >= 0.6 is 11.6 Å². The molecule has 3 nitrogen and oxygen atoms in total. The number of rotatable bonds is 3. The van der Waals surface area contributed by atoms with Crippen molar-refractivity contribution in [2.24, 2.45) is 11.8 Å². The van der Waals surface area contributed by atoms with E-state index in [9.17, 15) is 9.59 Å². The molecule has 1 saturated heterocycles. The molecule has 1 rings (SSSR count). The molecule has 0 saturated carbocycles. The van der Waals surface area contributed by atoms with Crippen molar-refractivity contribution in [3.63, 3.8) is 0 Å². The fourth-order valence-corrected chi connectivity index (χ4v) is 1.50. The molecule has 0 aromatic rings. The van der Waals surface area contributed by atoms with Gasteiger partial charge in [-0.1, -0.05) is 13.8 Å². The van der Waals surface area contributed by atoms with Gasteiger partial charge in [0.25, 0.3) is 0 Å². The van der Waals surface area contributed by atoms with Gasteiger partial charge in [0, 0.05) is 24.8 Å². The molecular weight excluding hydrogens is 190 g/mol. The topological polar surface area (TPSA) is 37.4 Å². The Morgan fingerprint density at radius 2 is 2.23 bits per heavy atom. The molecule has 0 aromatic carbocycles. The Morgan fingerprint density at radius 3 is 2.62 bits per heavy atom. The van der Waals surface area contributed by atoms with Crippen molar-refractivity contribution in [3.8, 4) is 0 Å². The van der Waals surface area contributed by atoms with Gasteiger partial charge in [0.05, 0.1) is 0 Å². The maximum atomic E-state index is 11.4. The van der Waals surface area contributed by atoms with Gasteiger partial charge in [-0.25, -0.2) is 0 Å². The maximum absolute atomic E-state index is 11.4. The molecule has 1 aliphatic heterocycles. The predicted octanol–water partition coefficient (Wildman–Crippen LogP) is 1.26. The Kier molecular flexibility index (Phi) is 3.31. The van der Waals surface area contributed by atoms with Gasteiger partial charge in [0.1, 0.15) is 0 Å². The highest BCUT2D eigenvalue weighted by molar-refractivity contribution is 6.18. The van der Waals surface area contributed by atoms with Gasteiger partial charge < -0.3 is 0 Å². The van der Waals surface area contributed by atoms with E-state index in [0.29, 0.717) is 18.8 Å². The zero-order valence-corrected chi connectivity index (χ0v) is 8.67. The zero-order valence-electron chi connectivity index (χ0n) is 7.92. The largest absolute Gasteiger partial charge is 0.282 e. The Balaban J connectivity index is 2.59. The van der Waals surface area contributed by atoms with Crippen LogP contribution in [0.3, 0.4) is 0 Å². The molecule has 1 aliphatic rings. The fourth-order valence-electron chi connectivity index (χ4n) is 1.40. The van der Waals surface area contributed by atoms with Crippen LogP contribution in [0, 0.1) is 11.8 Å². The Labute approximate surface area is 83.0 Å². The highest BCUT2D eigenvalue weighted by Gasteiger charge is 2.35. The van der Waals surface area contributed by atoms with Crippen LogP contribution in [0.2, 0.25) is 0 Å². The summed E-state index contributed by atoms with van der Waals surface area (Å²) in [7, 11) is 0. The molecule has 13 heavy (non-hydrogen) atoms. The standard InChI is InChI=1S/C9H14ClNO2/c1-6(4-10)5-11-8(12)3-7(2)9(11)13/h6-7H,3-5H2,1-2H3. The minimum atomic E-state index is -0.143. The molecule has 0 spiro atoms. The third kappa shape index (κ3) is 2.21. The smallest absolute Gasteiger partial charge is 0.232 e. The lowest BCUT2D eigenvalue weighted by molar-refractivity contribution is -0.139. The van der Waals surface area contributed by atoms with E-state index in [-0.39, 0.29) is 23.7 Å². The molecule has 0 N–H and O–H groups in total. The van der Waals surface area contributed by atoms with Crippen molar-refractivity contribution in [2.75, 3.05) is 12.4 Å². The number of carbonyl (C=O) groups is 2. The molecule has 2 unspecified atom stereocenters. The molecule has 1 heterocycles. The number of alkyl halides is 1. The molecule has 74 valence electrons. The predicted molar refractivity (Wildman–Crippen MR) is 50.4 cm³/mol. The summed E-state index contributed by atoms with van der Waals surface area (Å²) in [5.74, 6) is 0.400. The quantitative estimate of drug-likeness (QED) is 0.512. The van der Waals surface area contributed by atoms with Crippen molar-refractivity contribution < 1.29 is 9.59 Å². The summed E-state index contributed by atoms with van der Waals surface area (Å²) in [4.78, 5) is 24.1. The fraction of sp³-hybridized carbons (Fsp3) is 0.778. The second kappa shape index (κ2) is 4.09. The van der Waals surface area contributed by atoms with Crippen LogP contribution in [0.4, 0.5) is 0 Å². The lowest BCUT2D eigenvalue weighted by atomic mass is 10.1. The highest BCUT2D eigenvalue weighted by Crippen LogP contribution is 2.19. The minimum Gasteiger partial charge on any atom is -0.282 e. The van der Waals surface area contributed by atoms with Crippen LogP contribution < -0.4 is 0 Å². The van der Waals surface area contributed by atoms with Crippen LogP contribution in [0.5, 0.6) is 0 Å². The second-order valence-electron chi connectivity index (χ2n) is 3.71. The van der Waals surface area contributed by atoms with Gasteiger partial charge in [-0.3, -0.25) is 14.5 Å². The summed E-state index contributed by atoms with van der Waals surface area (Å²) in [6, 6.07) is 0. The third-order valence-corrected chi connectivity index (χ3v) is 2.75. The number of nitrogens with zero attached hydrogens (tertiary/aromatic N) is 1. The molecule has 0 radical (unpaired) electrons. The van der Waals surface area contributed by atoms with Crippen LogP contribution in [0.1, 0.15) is 20.3 Å². The summed E-state index contributed by atoms with van der Waals surface area (Å²) >= 11 is 5.61. The van der Waals surface area contributed by atoms with Crippen molar-refractivity contribution in [1.82, 2.24) is 4.90 Å². The first kappa shape index (κ1) is 10.5. The number of imide groups is 1. The molecule has 0 aliphatic carbocycles. The lowest BCUT2D eigenvalue weighted by Crippen LogP contribution is -2.34. The van der Waals surface area contributed by atoms with E-state index in [1.807, 2.05) is 6.92 Å². The first-order chi connectivity index (χ1) is 6.06. The van der Waals surface area contributed by atoms with Crippen LogP contribution in [0.25, 0.3) is 0 Å². The summed E-state index contributed by atoms with van der Waals surface area (Å²) in [5, 5.41) is 0. The molecule has 2 amide bonds. The lowest BCUT2D eigenvalue weighted by Gasteiger charge is -2.17. The van der Waals surface area contributed by atoms with Crippen LogP contribution in [-0.4, -0.2) is 29.1 Å². The SMILES string of the molecule is CC(CCl)CN1C(=O)CC(C)C1=O. The second-order valence-corrected chi connectivity index (χ2v) is 4.02. The van der Waals surface area contributed by atoms with Gasteiger partial charge in [-0.15, -0.1) is 11.6 Å². The van der Waals surface area contributed by atoms with E-state index in [1.165, 1.54) is 4.90 Å². The van der Waals surface area contributed by atoms with Gasteiger partial charge >= 0.3 is 0 Å². The van der Waals surface area contributed by atoms with Crippen molar-refractivity contribution >= 4 is 23.4 Å². The number of likely N-dealkylation sites (tertiary alicyclic amines) is 1. The average molecular weight is 204 g/mol. The van der Waals surface area contributed by atoms with Crippen LogP contribution in [-0.2, 0) is 9.59 Å². The van der Waals surface area contributed by atoms with E-state index < -0.39 is 0 Å². The minimum absolute atomic E-state index is 0.0537. The highest BCUT2D eigenvalue weighted by atomic mass is 35.5. The first-order valence-electron chi connectivity index (χ1n) is 4.46. The van der Waals surface area contributed by atoms with Crippen molar-refractivity contribution in [3.05, 3.63) is 0 Å².